The number of amides is 1. The fraction of sp³-hybridized carbons (Fsp3) is 0.400. The molecule has 1 fully saturated rings. The highest BCUT2D eigenvalue weighted by atomic mass is 16.3. The molecule has 1 aliphatic rings. The van der Waals surface area contributed by atoms with Crippen LogP contribution in [0, 0.1) is 0 Å². The molecule has 0 saturated heterocycles. The second kappa shape index (κ2) is 4.27. The Balaban J connectivity index is 1.84. The van der Waals surface area contributed by atoms with Crippen LogP contribution in [-0.4, -0.2) is 28.6 Å². The van der Waals surface area contributed by atoms with Crippen molar-refractivity contribution < 1.29 is 9.90 Å². The standard InChI is InChI=1S/C10H13N3O2/c14-8-2-1-5-11-10(8)13-9(15)6-12-7-3-4-7/h1-2,5,7,12,14H,3-4,6H2,(H,11,13,15). The number of hydrogen-bond donors (Lipinski definition) is 3. The number of nitrogens with one attached hydrogen (secondary N) is 2. The number of aromatic hydroxyl groups is 1. The Morgan fingerprint density at radius 2 is 2.40 bits per heavy atom. The van der Waals surface area contributed by atoms with Crippen LogP contribution >= 0.6 is 0 Å². The molecular weight excluding hydrogens is 194 g/mol. The number of anilines is 1. The highest BCUT2D eigenvalue weighted by Crippen LogP contribution is 2.19. The Bertz CT molecular complexity index is 363. The van der Waals surface area contributed by atoms with E-state index in [2.05, 4.69) is 15.6 Å². The van der Waals surface area contributed by atoms with E-state index >= 15 is 0 Å². The summed E-state index contributed by atoms with van der Waals surface area (Å²) in [5.74, 6) is 0.00766. The van der Waals surface area contributed by atoms with E-state index in [1.807, 2.05) is 0 Å². The maximum Gasteiger partial charge on any atom is 0.239 e. The fourth-order valence-corrected chi connectivity index (χ4v) is 1.19. The molecule has 5 nitrogen and oxygen atoms in total. The summed E-state index contributed by atoms with van der Waals surface area (Å²) in [6.45, 7) is 0.265. The van der Waals surface area contributed by atoms with Crippen molar-refractivity contribution in [2.45, 2.75) is 18.9 Å². The highest BCUT2D eigenvalue weighted by molar-refractivity contribution is 5.92. The number of rotatable bonds is 4. The minimum atomic E-state index is -0.184. The van der Waals surface area contributed by atoms with E-state index in [1.165, 1.54) is 12.3 Å². The molecule has 15 heavy (non-hydrogen) atoms. The smallest absolute Gasteiger partial charge is 0.239 e. The summed E-state index contributed by atoms with van der Waals surface area (Å²) in [6.07, 6.45) is 3.80. The third-order valence-electron chi connectivity index (χ3n) is 2.17. The first-order chi connectivity index (χ1) is 7.25. The fourth-order valence-electron chi connectivity index (χ4n) is 1.19. The van der Waals surface area contributed by atoms with Crippen LogP contribution in [0.25, 0.3) is 0 Å². The van der Waals surface area contributed by atoms with Crippen molar-refractivity contribution in [2.75, 3.05) is 11.9 Å². The number of nitrogens with zero attached hydrogens (tertiary/aromatic N) is 1. The van der Waals surface area contributed by atoms with Gasteiger partial charge in [0.1, 0.15) is 0 Å². The second-order valence-corrected chi connectivity index (χ2v) is 3.57. The van der Waals surface area contributed by atoms with E-state index in [0.29, 0.717) is 6.04 Å². The molecule has 1 heterocycles. The van der Waals surface area contributed by atoms with E-state index in [0.717, 1.165) is 12.8 Å². The molecule has 0 aliphatic heterocycles. The molecule has 1 aromatic rings. The first-order valence-corrected chi connectivity index (χ1v) is 4.93. The zero-order valence-electron chi connectivity index (χ0n) is 8.23. The first kappa shape index (κ1) is 9.92. The van der Waals surface area contributed by atoms with E-state index in [9.17, 15) is 9.90 Å². The van der Waals surface area contributed by atoms with E-state index in [4.69, 9.17) is 0 Å². The van der Waals surface area contributed by atoms with E-state index in [1.54, 1.807) is 6.07 Å². The van der Waals surface area contributed by atoms with Gasteiger partial charge in [0.05, 0.1) is 6.54 Å². The zero-order chi connectivity index (χ0) is 10.7. The average molecular weight is 207 g/mol. The van der Waals surface area contributed by atoms with Crippen molar-refractivity contribution in [3.8, 4) is 5.75 Å². The van der Waals surface area contributed by atoms with Crippen LogP contribution in [-0.2, 0) is 4.79 Å². The van der Waals surface area contributed by atoms with Crippen molar-refractivity contribution in [3.63, 3.8) is 0 Å². The van der Waals surface area contributed by atoms with E-state index < -0.39 is 0 Å². The summed E-state index contributed by atoms with van der Waals surface area (Å²) in [6, 6.07) is 3.58. The lowest BCUT2D eigenvalue weighted by Crippen LogP contribution is -2.29. The van der Waals surface area contributed by atoms with Gasteiger partial charge in [-0.15, -0.1) is 0 Å². The van der Waals surface area contributed by atoms with Gasteiger partial charge in [0.25, 0.3) is 0 Å². The van der Waals surface area contributed by atoms with Crippen LogP contribution in [0.4, 0.5) is 5.82 Å². The Labute approximate surface area is 87.5 Å². The van der Waals surface area contributed by atoms with Crippen molar-refractivity contribution in [1.29, 1.82) is 0 Å². The van der Waals surface area contributed by atoms with Gasteiger partial charge >= 0.3 is 0 Å². The molecule has 2 rings (SSSR count). The Kier molecular flexibility index (Phi) is 2.82. The number of carbonyl (C=O) groups is 1. The SMILES string of the molecule is O=C(CNC1CC1)Nc1ncccc1O. The molecule has 1 saturated carbocycles. The van der Waals surface area contributed by atoms with Crippen LogP contribution in [0.5, 0.6) is 5.75 Å². The molecule has 0 unspecified atom stereocenters. The van der Waals surface area contributed by atoms with Crippen LogP contribution in [0.2, 0.25) is 0 Å². The molecule has 80 valence electrons. The maximum atomic E-state index is 11.4. The number of pyridine rings is 1. The molecule has 0 aromatic carbocycles. The Morgan fingerprint density at radius 3 is 3.07 bits per heavy atom. The molecule has 5 heteroatoms. The van der Waals surface area contributed by atoms with E-state index in [-0.39, 0.29) is 24.0 Å². The molecule has 0 atom stereocenters. The van der Waals surface area contributed by atoms with Gasteiger partial charge in [0, 0.05) is 12.2 Å². The molecule has 0 radical (unpaired) electrons. The van der Waals surface area contributed by atoms with Crippen molar-refractivity contribution in [2.24, 2.45) is 0 Å². The van der Waals surface area contributed by atoms with Gasteiger partial charge in [-0.05, 0) is 25.0 Å². The number of hydrogen-bond acceptors (Lipinski definition) is 4. The van der Waals surface area contributed by atoms with Gasteiger partial charge in [0.15, 0.2) is 11.6 Å². The third-order valence-corrected chi connectivity index (χ3v) is 2.17. The van der Waals surface area contributed by atoms with Crippen LogP contribution < -0.4 is 10.6 Å². The summed E-state index contributed by atoms with van der Waals surface area (Å²) < 4.78 is 0. The summed E-state index contributed by atoms with van der Waals surface area (Å²) >= 11 is 0. The molecule has 1 amide bonds. The Morgan fingerprint density at radius 1 is 1.60 bits per heavy atom. The zero-order valence-corrected chi connectivity index (χ0v) is 8.23. The van der Waals surface area contributed by atoms with Gasteiger partial charge < -0.3 is 15.7 Å². The van der Waals surface area contributed by atoms with Crippen molar-refractivity contribution in [3.05, 3.63) is 18.3 Å². The quantitative estimate of drug-likeness (QED) is 0.671. The third kappa shape index (κ3) is 2.92. The lowest BCUT2D eigenvalue weighted by molar-refractivity contribution is -0.115. The summed E-state index contributed by atoms with van der Waals surface area (Å²) in [5.41, 5.74) is 0. The second-order valence-electron chi connectivity index (χ2n) is 3.57. The van der Waals surface area contributed by atoms with Gasteiger partial charge in [-0.25, -0.2) is 4.98 Å². The lowest BCUT2D eigenvalue weighted by Gasteiger charge is -2.06. The predicted octanol–water partition coefficient (Wildman–Crippen LogP) is 0.478. The number of carbonyl (C=O) groups excluding carboxylic acids is 1. The lowest BCUT2D eigenvalue weighted by atomic mass is 10.4. The summed E-state index contributed by atoms with van der Waals surface area (Å²) in [4.78, 5) is 15.2. The van der Waals surface area contributed by atoms with Gasteiger partial charge in [-0.2, -0.15) is 0 Å². The van der Waals surface area contributed by atoms with Gasteiger partial charge in [-0.1, -0.05) is 0 Å². The van der Waals surface area contributed by atoms with Crippen LogP contribution in [0.3, 0.4) is 0 Å². The molecule has 1 aromatic heterocycles. The molecule has 0 spiro atoms. The summed E-state index contributed by atoms with van der Waals surface area (Å²) in [7, 11) is 0. The number of aromatic nitrogens is 1. The minimum absolute atomic E-state index is 0.0164. The van der Waals surface area contributed by atoms with Gasteiger partial charge in [-0.3, -0.25) is 4.79 Å². The van der Waals surface area contributed by atoms with Crippen molar-refractivity contribution in [1.82, 2.24) is 10.3 Å². The minimum Gasteiger partial charge on any atom is -0.504 e. The largest absolute Gasteiger partial charge is 0.504 e. The molecule has 0 bridgehead atoms. The molecule has 3 N–H and O–H groups in total. The monoisotopic (exact) mass is 207 g/mol. The molecular formula is C10H13N3O2. The predicted molar refractivity (Wildman–Crippen MR) is 55.6 cm³/mol. The molecule has 1 aliphatic carbocycles. The average Bonchev–Trinajstić information content (AvgIpc) is 3.02. The Hall–Kier alpha value is -1.62. The first-order valence-electron chi connectivity index (χ1n) is 4.93. The van der Waals surface area contributed by atoms with Crippen LogP contribution in [0.1, 0.15) is 12.8 Å². The topological polar surface area (TPSA) is 74.2 Å². The van der Waals surface area contributed by atoms with Crippen LogP contribution in [0.15, 0.2) is 18.3 Å². The van der Waals surface area contributed by atoms with Gasteiger partial charge in [0.2, 0.25) is 5.91 Å². The van der Waals surface area contributed by atoms with Crippen molar-refractivity contribution >= 4 is 11.7 Å². The normalized spacial score (nSPS) is 14.9. The maximum absolute atomic E-state index is 11.4. The highest BCUT2D eigenvalue weighted by Gasteiger charge is 2.21. The summed E-state index contributed by atoms with van der Waals surface area (Å²) in [5, 5.41) is 15.0.